The lowest BCUT2D eigenvalue weighted by Crippen LogP contribution is -2.33. The second kappa shape index (κ2) is 13.4. The smallest absolute Gasteiger partial charge is 0.330 e. The molecule has 2 aromatic heterocycles. The zero-order chi connectivity index (χ0) is 24.4. The normalized spacial score (nSPS) is 22.8. The Hall–Kier alpha value is -2.30. The van der Waals surface area contributed by atoms with Gasteiger partial charge in [-0.15, -0.1) is 5.10 Å². The summed E-state index contributed by atoms with van der Waals surface area (Å²) < 4.78 is 19.8. The van der Waals surface area contributed by atoms with E-state index in [1.165, 1.54) is 30.0 Å². The summed E-state index contributed by atoms with van der Waals surface area (Å²) in [5.74, 6) is 0. The molecule has 1 saturated carbocycles. The van der Waals surface area contributed by atoms with Crippen LogP contribution in [0.3, 0.4) is 0 Å². The van der Waals surface area contributed by atoms with Gasteiger partial charge < -0.3 is 14.2 Å². The minimum Gasteiger partial charge on any atom is -0.382 e. The number of aromatic amines is 1. The Morgan fingerprint density at radius 1 is 1.09 bits per heavy atom. The molecule has 0 spiro atoms. The molecule has 3 heterocycles. The molecular formula is C23H39N5O5. The summed E-state index contributed by atoms with van der Waals surface area (Å²) in [6.45, 7) is 8.36. The summed E-state index contributed by atoms with van der Waals surface area (Å²) in [7, 11) is 3.19. The third-order valence-corrected chi connectivity index (χ3v) is 5.83. The van der Waals surface area contributed by atoms with E-state index in [2.05, 4.69) is 15.3 Å². The van der Waals surface area contributed by atoms with Crippen molar-refractivity contribution in [1.29, 1.82) is 0 Å². The first-order valence-electron chi connectivity index (χ1n) is 12.1. The van der Waals surface area contributed by atoms with Gasteiger partial charge in [0.2, 0.25) is 0 Å². The molecule has 10 nitrogen and oxygen atoms in total. The minimum absolute atomic E-state index is 0.200. The zero-order valence-electron chi connectivity index (χ0n) is 20.7. The van der Waals surface area contributed by atoms with Crippen LogP contribution in [-0.4, -0.2) is 57.6 Å². The number of nitrogens with zero attached hydrogens (tertiary/aromatic N) is 4. The van der Waals surface area contributed by atoms with Crippen LogP contribution in [0.25, 0.3) is 11.3 Å². The first kappa shape index (κ1) is 26.9. The van der Waals surface area contributed by atoms with Crippen molar-refractivity contribution in [2.45, 2.75) is 90.7 Å². The second-order valence-corrected chi connectivity index (χ2v) is 7.68. The Morgan fingerprint density at radius 2 is 1.79 bits per heavy atom. The Bertz CT molecular complexity index is 947. The minimum atomic E-state index is -0.559. The predicted octanol–water partition coefficient (Wildman–Crippen LogP) is 3.30. The first-order valence-corrected chi connectivity index (χ1v) is 12.1. The number of ether oxygens (including phenoxy) is 3. The molecule has 0 aromatic carbocycles. The summed E-state index contributed by atoms with van der Waals surface area (Å²) in [6.07, 6.45) is 8.44. The SMILES string of the molecule is CC.CC.COCC1O[C@@H](n2cc(-c3cn(C4CCCCC4)nn3)c(=O)[nH]c2=O)C[C@H]1OC. The number of hydrogen-bond donors (Lipinski definition) is 1. The Balaban J connectivity index is 0.000000914. The molecule has 4 rings (SSSR count). The van der Waals surface area contributed by atoms with E-state index in [9.17, 15) is 9.59 Å². The maximum atomic E-state index is 12.4. The molecular weight excluding hydrogens is 426 g/mol. The van der Waals surface area contributed by atoms with Gasteiger partial charge in [-0.05, 0) is 12.8 Å². The molecule has 3 atom stereocenters. The van der Waals surface area contributed by atoms with E-state index >= 15 is 0 Å². The van der Waals surface area contributed by atoms with Gasteiger partial charge >= 0.3 is 5.69 Å². The highest BCUT2D eigenvalue weighted by molar-refractivity contribution is 5.54. The van der Waals surface area contributed by atoms with Gasteiger partial charge in [0.25, 0.3) is 5.56 Å². The number of nitrogens with one attached hydrogen (secondary N) is 1. The van der Waals surface area contributed by atoms with Crippen molar-refractivity contribution < 1.29 is 14.2 Å². The van der Waals surface area contributed by atoms with E-state index in [0.717, 1.165) is 12.8 Å². The maximum Gasteiger partial charge on any atom is 0.330 e. The van der Waals surface area contributed by atoms with Crippen LogP contribution in [-0.2, 0) is 14.2 Å². The summed E-state index contributed by atoms with van der Waals surface area (Å²) in [6, 6.07) is 0.311. The number of hydrogen-bond acceptors (Lipinski definition) is 7. The fourth-order valence-electron chi connectivity index (χ4n) is 4.24. The molecule has 1 N–H and O–H groups in total. The van der Waals surface area contributed by atoms with E-state index in [4.69, 9.17) is 14.2 Å². The van der Waals surface area contributed by atoms with Crippen LogP contribution >= 0.6 is 0 Å². The molecule has 10 heteroatoms. The zero-order valence-corrected chi connectivity index (χ0v) is 20.7. The largest absolute Gasteiger partial charge is 0.382 e. The van der Waals surface area contributed by atoms with Crippen LogP contribution in [0.15, 0.2) is 22.0 Å². The Morgan fingerprint density at radius 3 is 2.42 bits per heavy atom. The molecule has 1 aliphatic heterocycles. The molecule has 2 fully saturated rings. The first-order chi connectivity index (χ1) is 16.1. The summed E-state index contributed by atoms with van der Waals surface area (Å²) in [4.78, 5) is 27.3. The van der Waals surface area contributed by atoms with Crippen LogP contribution in [0.4, 0.5) is 0 Å². The van der Waals surface area contributed by atoms with Gasteiger partial charge in [-0.25, -0.2) is 9.48 Å². The van der Waals surface area contributed by atoms with Crippen molar-refractivity contribution in [3.8, 4) is 11.3 Å². The van der Waals surface area contributed by atoms with Crippen LogP contribution < -0.4 is 11.2 Å². The van der Waals surface area contributed by atoms with Crippen molar-refractivity contribution in [2.24, 2.45) is 0 Å². The third-order valence-electron chi connectivity index (χ3n) is 5.83. The van der Waals surface area contributed by atoms with Gasteiger partial charge in [0.1, 0.15) is 18.0 Å². The lowest BCUT2D eigenvalue weighted by atomic mass is 9.96. The molecule has 186 valence electrons. The van der Waals surface area contributed by atoms with Crippen molar-refractivity contribution >= 4 is 0 Å². The standard InChI is InChI=1S/C19H27N5O5.2C2H6/c1-27-11-16-15(28-2)8-17(29-16)23-9-13(18(25)20-19(23)26)14-10-24(22-21-14)12-6-4-3-5-7-12;2*1-2/h9-10,12,15-17H,3-8,11H2,1-2H3,(H,20,25,26);2*1-2H3/t15-,16?,17-;;/m1../s1. The lowest BCUT2D eigenvalue weighted by molar-refractivity contribution is -0.0617. The third kappa shape index (κ3) is 6.39. The van der Waals surface area contributed by atoms with Crippen LogP contribution in [0, 0.1) is 0 Å². The van der Waals surface area contributed by atoms with E-state index < -0.39 is 17.5 Å². The average molecular weight is 466 g/mol. The molecule has 0 amide bonds. The quantitative estimate of drug-likeness (QED) is 0.696. The highest BCUT2D eigenvalue weighted by Gasteiger charge is 2.37. The Kier molecular flexibility index (Phi) is 11.0. The fraction of sp³-hybridized carbons (Fsp3) is 0.739. The van der Waals surface area contributed by atoms with E-state index in [-0.39, 0.29) is 12.2 Å². The maximum absolute atomic E-state index is 12.4. The summed E-state index contributed by atoms with van der Waals surface area (Å²) in [5, 5.41) is 8.41. The fourth-order valence-corrected chi connectivity index (χ4v) is 4.24. The highest BCUT2D eigenvalue weighted by Crippen LogP contribution is 2.31. The molecule has 2 aliphatic rings. The molecule has 2 aromatic rings. The topological polar surface area (TPSA) is 113 Å². The van der Waals surface area contributed by atoms with Gasteiger partial charge in [0, 0.05) is 26.8 Å². The van der Waals surface area contributed by atoms with E-state index in [1.54, 1.807) is 20.4 Å². The van der Waals surface area contributed by atoms with Crippen LogP contribution in [0.2, 0.25) is 0 Å². The van der Waals surface area contributed by atoms with Crippen molar-refractivity contribution in [3.63, 3.8) is 0 Å². The number of H-pyrrole nitrogens is 1. The summed E-state index contributed by atoms with van der Waals surface area (Å²) >= 11 is 0. The molecule has 0 bridgehead atoms. The molecule has 1 unspecified atom stereocenters. The molecule has 1 saturated heterocycles. The van der Waals surface area contributed by atoms with Gasteiger partial charge in [-0.3, -0.25) is 14.3 Å². The monoisotopic (exact) mass is 465 g/mol. The van der Waals surface area contributed by atoms with Gasteiger partial charge in [-0.2, -0.15) is 0 Å². The average Bonchev–Trinajstić information content (AvgIpc) is 3.50. The van der Waals surface area contributed by atoms with Crippen LogP contribution in [0.5, 0.6) is 0 Å². The lowest BCUT2D eigenvalue weighted by Gasteiger charge is -2.20. The number of methoxy groups -OCH3 is 2. The Labute approximate surface area is 195 Å². The van der Waals surface area contributed by atoms with Gasteiger partial charge in [0.05, 0.1) is 30.5 Å². The van der Waals surface area contributed by atoms with Crippen LogP contribution in [0.1, 0.15) is 78.5 Å². The van der Waals surface area contributed by atoms with Crippen molar-refractivity contribution in [2.75, 3.05) is 20.8 Å². The predicted molar refractivity (Wildman–Crippen MR) is 126 cm³/mol. The van der Waals surface area contributed by atoms with E-state index in [0.29, 0.717) is 30.3 Å². The van der Waals surface area contributed by atoms with Gasteiger partial charge in [0.15, 0.2) is 0 Å². The number of aromatic nitrogens is 5. The summed E-state index contributed by atoms with van der Waals surface area (Å²) in [5.41, 5.74) is -0.285. The van der Waals surface area contributed by atoms with Crippen molar-refractivity contribution in [3.05, 3.63) is 33.2 Å². The van der Waals surface area contributed by atoms with Gasteiger partial charge in [-0.1, -0.05) is 52.2 Å². The van der Waals surface area contributed by atoms with Crippen molar-refractivity contribution in [1.82, 2.24) is 24.5 Å². The molecule has 33 heavy (non-hydrogen) atoms. The van der Waals surface area contributed by atoms with E-state index in [1.807, 2.05) is 32.4 Å². The number of rotatable bonds is 6. The second-order valence-electron chi connectivity index (χ2n) is 7.68. The highest BCUT2D eigenvalue weighted by atomic mass is 16.6. The molecule has 1 aliphatic carbocycles. The molecule has 0 radical (unpaired) electrons.